The van der Waals surface area contributed by atoms with E-state index < -0.39 is 12.1 Å². The maximum Gasteiger partial charge on any atom is 0.322 e. The Morgan fingerprint density at radius 2 is 1.93 bits per heavy atom. The number of amides is 4. The summed E-state index contributed by atoms with van der Waals surface area (Å²) in [5, 5.41) is 5.84. The van der Waals surface area contributed by atoms with Gasteiger partial charge in [0.05, 0.1) is 23.9 Å². The molecule has 0 aromatic heterocycles. The van der Waals surface area contributed by atoms with Crippen molar-refractivity contribution in [3.8, 4) is 0 Å². The molecule has 7 heteroatoms. The first-order chi connectivity index (χ1) is 14.2. The van der Waals surface area contributed by atoms with Gasteiger partial charge in [0.15, 0.2) is 0 Å². The van der Waals surface area contributed by atoms with Crippen molar-refractivity contribution in [2.24, 2.45) is 5.92 Å². The van der Waals surface area contributed by atoms with Crippen molar-refractivity contribution in [3.63, 3.8) is 0 Å². The lowest BCUT2D eigenvalue weighted by Gasteiger charge is -2.33. The van der Waals surface area contributed by atoms with Gasteiger partial charge in [-0.1, -0.05) is 49.8 Å². The average molecular weight is 411 g/mol. The van der Waals surface area contributed by atoms with Crippen LogP contribution in [0.4, 0.5) is 4.79 Å². The summed E-state index contributed by atoms with van der Waals surface area (Å²) in [5.41, 5.74) is 3.09. The van der Waals surface area contributed by atoms with E-state index in [4.69, 9.17) is 0 Å². The Morgan fingerprint density at radius 1 is 1.27 bits per heavy atom. The number of nitrogens with zero attached hydrogens (tertiary/aromatic N) is 2. The molecule has 0 fully saturated rings. The van der Waals surface area contributed by atoms with Crippen LogP contribution >= 0.6 is 0 Å². The van der Waals surface area contributed by atoms with E-state index in [2.05, 4.69) is 17.2 Å². The van der Waals surface area contributed by atoms with Gasteiger partial charge in [-0.05, 0) is 25.3 Å². The van der Waals surface area contributed by atoms with Crippen LogP contribution < -0.4 is 10.6 Å². The van der Waals surface area contributed by atoms with E-state index in [9.17, 15) is 14.4 Å². The van der Waals surface area contributed by atoms with Gasteiger partial charge in [0.25, 0.3) is 5.91 Å². The molecular formula is C23H30N4O3. The number of urea groups is 1. The van der Waals surface area contributed by atoms with Crippen molar-refractivity contribution in [2.45, 2.75) is 39.8 Å². The zero-order chi connectivity index (χ0) is 22.0. The normalized spacial score (nSPS) is 19.7. The first-order valence-corrected chi connectivity index (χ1v) is 10.3. The third-order valence-corrected chi connectivity index (χ3v) is 5.50. The van der Waals surface area contributed by atoms with Gasteiger partial charge in [-0.25, -0.2) is 4.79 Å². The van der Waals surface area contributed by atoms with Crippen LogP contribution in [0.3, 0.4) is 0 Å². The highest BCUT2D eigenvalue weighted by Crippen LogP contribution is 2.37. The molecular weight excluding hydrogens is 380 g/mol. The molecule has 30 heavy (non-hydrogen) atoms. The number of rotatable bonds is 7. The highest BCUT2D eigenvalue weighted by atomic mass is 16.2. The molecule has 2 aliphatic rings. The molecule has 7 nitrogen and oxygen atoms in total. The molecule has 0 saturated carbocycles. The lowest BCUT2D eigenvalue weighted by molar-refractivity contribution is -0.135. The Hall–Kier alpha value is -3.09. The SMILES string of the molecule is C=CCN1C(=O)N[C@H](c2ccc(C)cc2)C2=C1CN([C@H](C)C(=O)NCC(C)C)C2=O. The van der Waals surface area contributed by atoms with Gasteiger partial charge in [0, 0.05) is 13.1 Å². The predicted molar refractivity (Wildman–Crippen MR) is 115 cm³/mol. The molecule has 0 spiro atoms. The van der Waals surface area contributed by atoms with Gasteiger partial charge in [0.2, 0.25) is 5.91 Å². The van der Waals surface area contributed by atoms with E-state index >= 15 is 0 Å². The molecule has 2 atom stereocenters. The average Bonchev–Trinajstić information content (AvgIpc) is 3.05. The van der Waals surface area contributed by atoms with Crippen molar-refractivity contribution in [1.82, 2.24) is 20.4 Å². The summed E-state index contributed by atoms with van der Waals surface area (Å²) in [5.74, 6) is -0.104. The molecule has 0 aliphatic carbocycles. The van der Waals surface area contributed by atoms with E-state index in [1.807, 2.05) is 45.0 Å². The predicted octanol–water partition coefficient (Wildman–Crippen LogP) is 2.50. The molecule has 3 rings (SSSR count). The van der Waals surface area contributed by atoms with Crippen LogP contribution in [0.2, 0.25) is 0 Å². The summed E-state index contributed by atoms with van der Waals surface area (Å²) in [4.78, 5) is 41.9. The lowest BCUT2D eigenvalue weighted by atomic mass is 9.95. The van der Waals surface area contributed by atoms with Crippen LogP contribution in [0, 0.1) is 12.8 Å². The second-order valence-electron chi connectivity index (χ2n) is 8.30. The Bertz CT molecular complexity index is 888. The summed E-state index contributed by atoms with van der Waals surface area (Å²) < 4.78 is 0. The Morgan fingerprint density at radius 3 is 2.53 bits per heavy atom. The van der Waals surface area contributed by atoms with Crippen molar-refractivity contribution in [1.29, 1.82) is 0 Å². The third-order valence-electron chi connectivity index (χ3n) is 5.50. The van der Waals surface area contributed by atoms with Crippen LogP contribution in [0.1, 0.15) is 37.9 Å². The second kappa shape index (κ2) is 8.73. The van der Waals surface area contributed by atoms with E-state index in [0.29, 0.717) is 30.3 Å². The third kappa shape index (κ3) is 4.10. The van der Waals surface area contributed by atoms with Crippen LogP contribution in [0.25, 0.3) is 0 Å². The summed E-state index contributed by atoms with van der Waals surface area (Å²) in [6.07, 6.45) is 1.63. The largest absolute Gasteiger partial charge is 0.354 e. The fourth-order valence-electron chi connectivity index (χ4n) is 3.75. The maximum absolute atomic E-state index is 13.4. The summed E-state index contributed by atoms with van der Waals surface area (Å²) in [6.45, 7) is 12.5. The van der Waals surface area contributed by atoms with Crippen LogP contribution in [0.15, 0.2) is 48.2 Å². The van der Waals surface area contributed by atoms with Gasteiger partial charge in [-0.3, -0.25) is 14.5 Å². The Balaban J connectivity index is 1.93. The van der Waals surface area contributed by atoms with Gasteiger partial charge >= 0.3 is 6.03 Å². The van der Waals surface area contributed by atoms with E-state index in [-0.39, 0.29) is 24.4 Å². The molecule has 2 N–H and O–H groups in total. The molecule has 1 aromatic rings. The Kier molecular flexibility index (Phi) is 6.29. The van der Waals surface area contributed by atoms with Gasteiger partial charge in [-0.15, -0.1) is 6.58 Å². The van der Waals surface area contributed by atoms with Crippen LogP contribution in [-0.2, 0) is 9.59 Å². The smallest absolute Gasteiger partial charge is 0.322 e. The number of carbonyl (C=O) groups is 3. The molecule has 4 amide bonds. The van der Waals surface area contributed by atoms with E-state index in [1.165, 1.54) is 9.80 Å². The number of benzene rings is 1. The molecule has 0 unspecified atom stereocenters. The quantitative estimate of drug-likeness (QED) is 0.678. The summed E-state index contributed by atoms with van der Waals surface area (Å²) in [6, 6.07) is 6.30. The number of nitrogens with one attached hydrogen (secondary N) is 2. The zero-order valence-electron chi connectivity index (χ0n) is 18.1. The van der Waals surface area contributed by atoms with Crippen molar-refractivity contribution in [3.05, 3.63) is 59.3 Å². The maximum atomic E-state index is 13.4. The van der Waals surface area contributed by atoms with E-state index in [0.717, 1.165) is 11.1 Å². The zero-order valence-corrected chi connectivity index (χ0v) is 18.1. The second-order valence-corrected chi connectivity index (χ2v) is 8.30. The fourth-order valence-corrected chi connectivity index (χ4v) is 3.75. The van der Waals surface area contributed by atoms with Gasteiger partial charge in [-0.2, -0.15) is 0 Å². The lowest BCUT2D eigenvalue weighted by Crippen LogP contribution is -2.47. The molecule has 0 saturated heterocycles. The molecule has 2 aliphatic heterocycles. The van der Waals surface area contributed by atoms with E-state index in [1.54, 1.807) is 13.0 Å². The van der Waals surface area contributed by atoms with Crippen molar-refractivity contribution >= 4 is 17.8 Å². The highest BCUT2D eigenvalue weighted by molar-refractivity contribution is 6.03. The molecule has 2 heterocycles. The monoisotopic (exact) mass is 410 g/mol. The number of aryl methyl sites for hydroxylation is 1. The molecule has 0 radical (unpaired) electrons. The van der Waals surface area contributed by atoms with Gasteiger partial charge in [0.1, 0.15) is 6.04 Å². The minimum Gasteiger partial charge on any atom is -0.354 e. The molecule has 160 valence electrons. The summed E-state index contributed by atoms with van der Waals surface area (Å²) >= 11 is 0. The van der Waals surface area contributed by atoms with Gasteiger partial charge < -0.3 is 15.5 Å². The minimum absolute atomic E-state index is 0.196. The summed E-state index contributed by atoms with van der Waals surface area (Å²) in [7, 11) is 0. The Labute approximate surface area is 177 Å². The molecule has 1 aromatic carbocycles. The van der Waals surface area contributed by atoms with Crippen molar-refractivity contribution < 1.29 is 14.4 Å². The van der Waals surface area contributed by atoms with Crippen LogP contribution in [0.5, 0.6) is 0 Å². The first-order valence-electron chi connectivity index (χ1n) is 10.3. The first kappa shape index (κ1) is 21.6. The van der Waals surface area contributed by atoms with Crippen molar-refractivity contribution in [2.75, 3.05) is 19.6 Å². The minimum atomic E-state index is -0.638. The topological polar surface area (TPSA) is 81.8 Å². The fraction of sp³-hybridized carbons (Fsp3) is 0.435. The molecule has 0 bridgehead atoms. The number of hydrogen-bond acceptors (Lipinski definition) is 3. The standard InChI is InChI=1S/C23H30N4O3/c1-6-11-26-18-13-27(16(5)21(28)24-12-14(2)3)22(29)19(18)20(25-23(26)30)17-9-7-15(4)8-10-17/h6-10,14,16,20H,1,11-13H2,2-5H3,(H,24,28)(H,25,30)/t16-,20-/m1/s1. The van der Waals surface area contributed by atoms with Crippen LogP contribution in [-0.4, -0.2) is 53.3 Å². The number of hydrogen-bond donors (Lipinski definition) is 2. The highest BCUT2D eigenvalue weighted by Gasteiger charge is 2.45. The number of carbonyl (C=O) groups excluding carboxylic acids is 3.